The maximum atomic E-state index is 12.3. The van der Waals surface area contributed by atoms with Gasteiger partial charge >= 0.3 is 0 Å². The minimum Gasteiger partial charge on any atom is -0.302 e. The number of rotatable bonds is 6. The zero-order chi connectivity index (χ0) is 15.5. The molecule has 1 fully saturated rings. The molecule has 0 spiro atoms. The van der Waals surface area contributed by atoms with Gasteiger partial charge in [0, 0.05) is 28.1 Å². The Kier molecular flexibility index (Phi) is 6.25. The molecule has 118 valence electrons. The van der Waals surface area contributed by atoms with Gasteiger partial charge in [0.15, 0.2) is 0 Å². The predicted molar refractivity (Wildman–Crippen MR) is 91.9 cm³/mol. The van der Waals surface area contributed by atoms with Gasteiger partial charge < -0.3 is 4.90 Å². The third-order valence-corrected chi connectivity index (χ3v) is 6.84. The molecular weight excluding hydrogens is 420 g/mol. The molecule has 0 amide bonds. The first-order valence-corrected chi connectivity index (χ1v) is 10.1. The van der Waals surface area contributed by atoms with E-state index in [2.05, 4.69) is 48.5 Å². The van der Waals surface area contributed by atoms with Crippen LogP contribution in [0.2, 0.25) is 0 Å². The number of benzene rings is 1. The van der Waals surface area contributed by atoms with E-state index in [4.69, 9.17) is 0 Å². The smallest absolute Gasteiger partial charge is 0.241 e. The molecule has 1 aromatic carbocycles. The van der Waals surface area contributed by atoms with Crippen molar-refractivity contribution < 1.29 is 8.42 Å². The molecule has 0 unspecified atom stereocenters. The second-order valence-corrected chi connectivity index (χ2v) is 8.90. The molecule has 0 bridgehead atoms. The van der Waals surface area contributed by atoms with Crippen LogP contribution in [0.25, 0.3) is 0 Å². The lowest BCUT2D eigenvalue weighted by atomic mass is 10.2. The quantitative estimate of drug-likeness (QED) is 0.739. The molecule has 1 aromatic rings. The Morgan fingerprint density at radius 2 is 1.95 bits per heavy atom. The molecule has 1 aliphatic rings. The third kappa shape index (κ3) is 4.76. The monoisotopic (exact) mass is 438 g/mol. The van der Waals surface area contributed by atoms with Crippen LogP contribution in [-0.4, -0.2) is 39.5 Å². The van der Waals surface area contributed by atoms with Crippen LogP contribution in [0, 0.1) is 0 Å². The number of nitrogens with zero attached hydrogens (tertiary/aromatic N) is 1. The summed E-state index contributed by atoms with van der Waals surface area (Å²) in [6, 6.07) is 5.74. The molecule has 2 rings (SSSR count). The van der Waals surface area contributed by atoms with E-state index < -0.39 is 10.0 Å². The Morgan fingerprint density at radius 1 is 1.29 bits per heavy atom. The van der Waals surface area contributed by atoms with Crippen molar-refractivity contribution in [3.8, 4) is 0 Å². The molecule has 0 saturated heterocycles. The molecule has 0 aliphatic heterocycles. The first kappa shape index (κ1) is 17.4. The van der Waals surface area contributed by atoms with Gasteiger partial charge in [0.2, 0.25) is 10.0 Å². The number of halogens is 2. The van der Waals surface area contributed by atoms with Gasteiger partial charge in [0.05, 0.1) is 4.90 Å². The van der Waals surface area contributed by atoms with Crippen molar-refractivity contribution in [3.63, 3.8) is 0 Å². The number of likely N-dealkylation sites (N-methyl/N-ethyl adjacent to an activating group) is 1. The summed E-state index contributed by atoms with van der Waals surface area (Å²) in [5.41, 5.74) is 0. The summed E-state index contributed by atoms with van der Waals surface area (Å²) < 4.78 is 28.6. The predicted octanol–water partition coefficient (Wildman–Crippen LogP) is 3.36. The zero-order valence-electron chi connectivity index (χ0n) is 12.0. The first-order chi connectivity index (χ1) is 9.90. The normalized spacial score (nSPS) is 16.8. The van der Waals surface area contributed by atoms with E-state index in [1.807, 2.05) is 0 Å². The lowest BCUT2D eigenvalue weighted by Gasteiger charge is -2.23. The van der Waals surface area contributed by atoms with Crippen LogP contribution in [0.15, 0.2) is 32.0 Å². The van der Waals surface area contributed by atoms with Gasteiger partial charge in [-0.3, -0.25) is 0 Å². The van der Waals surface area contributed by atoms with E-state index in [1.165, 1.54) is 25.7 Å². The number of hydrogen-bond donors (Lipinski definition) is 1. The molecule has 1 N–H and O–H groups in total. The van der Waals surface area contributed by atoms with E-state index in [0.29, 0.717) is 17.1 Å². The van der Waals surface area contributed by atoms with Crippen molar-refractivity contribution in [2.24, 2.45) is 0 Å². The molecule has 0 atom stereocenters. The second-order valence-electron chi connectivity index (χ2n) is 5.39. The van der Waals surface area contributed by atoms with Gasteiger partial charge in [0.25, 0.3) is 0 Å². The first-order valence-electron chi connectivity index (χ1n) is 7.05. The highest BCUT2D eigenvalue weighted by molar-refractivity contribution is 9.11. The van der Waals surface area contributed by atoms with Crippen LogP contribution < -0.4 is 4.72 Å². The molecule has 4 nitrogen and oxygen atoms in total. The fourth-order valence-corrected chi connectivity index (χ4v) is 5.17. The summed E-state index contributed by atoms with van der Waals surface area (Å²) in [6.45, 7) is 1.16. The molecular formula is C14H20Br2N2O2S. The third-order valence-electron chi connectivity index (χ3n) is 3.89. The van der Waals surface area contributed by atoms with Gasteiger partial charge in [-0.05, 0) is 54.0 Å². The summed E-state index contributed by atoms with van der Waals surface area (Å²) in [5.74, 6) is 0. The largest absolute Gasteiger partial charge is 0.302 e. The standard InChI is InChI=1S/C14H20Br2N2O2S/c1-18(12-4-2-3-5-12)9-8-17-21(19,20)14-10-11(15)6-7-13(14)16/h6-7,10,12,17H,2-5,8-9H2,1H3. The van der Waals surface area contributed by atoms with E-state index >= 15 is 0 Å². The maximum Gasteiger partial charge on any atom is 0.241 e. The van der Waals surface area contributed by atoms with Crippen molar-refractivity contribution in [1.82, 2.24) is 9.62 Å². The van der Waals surface area contributed by atoms with Gasteiger partial charge in [-0.2, -0.15) is 0 Å². The van der Waals surface area contributed by atoms with Crippen LogP contribution >= 0.6 is 31.9 Å². The van der Waals surface area contributed by atoms with Crippen molar-refractivity contribution in [1.29, 1.82) is 0 Å². The molecule has 0 radical (unpaired) electrons. The fraction of sp³-hybridized carbons (Fsp3) is 0.571. The summed E-state index contributed by atoms with van der Waals surface area (Å²) in [4.78, 5) is 2.52. The average molecular weight is 440 g/mol. The van der Waals surface area contributed by atoms with Crippen LogP contribution in [0.5, 0.6) is 0 Å². The zero-order valence-corrected chi connectivity index (χ0v) is 16.0. The molecule has 0 aromatic heterocycles. The number of hydrogen-bond acceptors (Lipinski definition) is 3. The second kappa shape index (κ2) is 7.55. The Bertz CT molecular complexity index is 587. The van der Waals surface area contributed by atoms with E-state index in [1.54, 1.807) is 18.2 Å². The van der Waals surface area contributed by atoms with Gasteiger partial charge in [-0.15, -0.1) is 0 Å². The van der Waals surface area contributed by atoms with Crippen molar-refractivity contribution in [2.45, 2.75) is 36.6 Å². The Hall–Kier alpha value is 0.0500. The summed E-state index contributed by atoms with van der Waals surface area (Å²) >= 11 is 6.59. The lowest BCUT2D eigenvalue weighted by molar-refractivity contribution is 0.250. The van der Waals surface area contributed by atoms with E-state index in [9.17, 15) is 8.42 Å². The van der Waals surface area contributed by atoms with Crippen molar-refractivity contribution in [2.75, 3.05) is 20.1 Å². The molecule has 1 saturated carbocycles. The maximum absolute atomic E-state index is 12.3. The van der Waals surface area contributed by atoms with Gasteiger partial charge in [-0.1, -0.05) is 28.8 Å². The highest BCUT2D eigenvalue weighted by atomic mass is 79.9. The minimum absolute atomic E-state index is 0.264. The van der Waals surface area contributed by atoms with Gasteiger partial charge in [-0.25, -0.2) is 13.1 Å². The SMILES string of the molecule is CN(CCNS(=O)(=O)c1cc(Br)ccc1Br)C1CCCC1. The van der Waals surface area contributed by atoms with Crippen LogP contribution in [0.1, 0.15) is 25.7 Å². The topological polar surface area (TPSA) is 49.4 Å². The van der Waals surface area contributed by atoms with E-state index in [0.717, 1.165) is 11.0 Å². The Balaban J connectivity index is 1.93. The lowest BCUT2D eigenvalue weighted by Crippen LogP contribution is -2.37. The number of sulfonamides is 1. The Morgan fingerprint density at radius 3 is 2.62 bits per heavy atom. The van der Waals surface area contributed by atoms with Gasteiger partial charge in [0.1, 0.15) is 0 Å². The highest BCUT2D eigenvalue weighted by Gasteiger charge is 2.21. The van der Waals surface area contributed by atoms with Crippen LogP contribution in [-0.2, 0) is 10.0 Å². The summed E-state index contributed by atoms with van der Waals surface area (Å²) in [7, 11) is -1.42. The summed E-state index contributed by atoms with van der Waals surface area (Å²) in [5, 5.41) is 0. The average Bonchev–Trinajstić information content (AvgIpc) is 2.95. The van der Waals surface area contributed by atoms with Crippen LogP contribution in [0.3, 0.4) is 0 Å². The minimum atomic E-state index is -3.49. The molecule has 7 heteroatoms. The molecule has 21 heavy (non-hydrogen) atoms. The molecule has 0 heterocycles. The molecule has 1 aliphatic carbocycles. The summed E-state index contributed by atoms with van der Waals surface area (Å²) in [6.07, 6.45) is 5.01. The van der Waals surface area contributed by atoms with Crippen molar-refractivity contribution >= 4 is 41.9 Å². The van der Waals surface area contributed by atoms with Crippen LogP contribution in [0.4, 0.5) is 0 Å². The highest BCUT2D eigenvalue weighted by Crippen LogP contribution is 2.25. The van der Waals surface area contributed by atoms with Crippen molar-refractivity contribution in [3.05, 3.63) is 27.1 Å². The number of nitrogens with one attached hydrogen (secondary N) is 1. The van der Waals surface area contributed by atoms with E-state index in [-0.39, 0.29) is 4.90 Å². The Labute approximate surface area is 143 Å². The fourth-order valence-electron chi connectivity index (χ4n) is 2.64.